The summed E-state index contributed by atoms with van der Waals surface area (Å²) in [6, 6.07) is 10.2. The summed E-state index contributed by atoms with van der Waals surface area (Å²) in [7, 11) is 2.09. The van der Waals surface area contributed by atoms with Gasteiger partial charge in [-0.2, -0.15) is 0 Å². The molecule has 1 aromatic rings. The van der Waals surface area contributed by atoms with Gasteiger partial charge in [0, 0.05) is 13.2 Å². The lowest BCUT2D eigenvalue weighted by atomic mass is 10.2. The van der Waals surface area contributed by atoms with E-state index in [1.165, 1.54) is 5.56 Å². The Balaban J connectivity index is 2.00. The molecular weight excluding hydrogens is 214 g/mol. The van der Waals surface area contributed by atoms with Gasteiger partial charge in [-0.05, 0) is 32.0 Å². The molecule has 0 aliphatic rings. The molecule has 0 saturated heterocycles. The van der Waals surface area contributed by atoms with Gasteiger partial charge in [0.25, 0.3) is 0 Å². The molecule has 0 bridgehead atoms. The molecule has 17 heavy (non-hydrogen) atoms. The highest BCUT2D eigenvalue weighted by Gasteiger charge is 1.98. The SMILES string of the molecule is CN(CCCCO)CCOCc1ccccc1. The van der Waals surface area contributed by atoms with Crippen molar-refractivity contribution < 1.29 is 9.84 Å². The summed E-state index contributed by atoms with van der Waals surface area (Å²) >= 11 is 0. The third-order valence-electron chi connectivity index (χ3n) is 2.68. The van der Waals surface area contributed by atoms with Crippen LogP contribution in [0.1, 0.15) is 18.4 Å². The summed E-state index contributed by atoms with van der Waals surface area (Å²) < 4.78 is 5.61. The van der Waals surface area contributed by atoms with Crippen LogP contribution in [0.2, 0.25) is 0 Å². The zero-order valence-electron chi connectivity index (χ0n) is 10.6. The van der Waals surface area contributed by atoms with E-state index in [1.807, 2.05) is 18.2 Å². The molecule has 0 radical (unpaired) electrons. The molecule has 0 heterocycles. The van der Waals surface area contributed by atoms with Crippen LogP contribution in [-0.4, -0.2) is 43.4 Å². The Morgan fingerprint density at radius 3 is 2.59 bits per heavy atom. The Bertz CT molecular complexity index is 277. The number of hydrogen-bond acceptors (Lipinski definition) is 3. The number of aliphatic hydroxyl groups is 1. The lowest BCUT2D eigenvalue weighted by molar-refractivity contribution is 0.0988. The molecule has 96 valence electrons. The Labute approximate surface area is 104 Å². The fourth-order valence-corrected chi connectivity index (χ4v) is 1.59. The molecule has 0 aliphatic heterocycles. The van der Waals surface area contributed by atoms with E-state index >= 15 is 0 Å². The summed E-state index contributed by atoms with van der Waals surface area (Å²) in [6.45, 7) is 3.70. The number of unbranched alkanes of at least 4 members (excludes halogenated alkanes) is 1. The summed E-state index contributed by atoms with van der Waals surface area (Å²) in [4.78, 5) is 2.24. The third-order valence-corrected chi connectivity index (χ3v) is 2.68. The molecule has 0 amide bonds. The lowest BCUT2D eigenvalue weighted by Crippen LogP contribution is -2.24. The smallest absolute Gasteiger partial charge is 0.0717 e. The quantitative estimate of drug-likeness (QED) is 0.666. The van der Waals surface area contributed by atoms with Gasteiger partial charge in [0.15, 0.2) is 0 Å². The molecule has 0 unspecified atom stereocenters. The molecule has 0 aliphatic carbocycles. The van der Waals surface area contributed by atoms with Crippen molar-refractivity contribution in [2.45, 2.75) is 19.4 Å². The molecule has 1 aromatic carbocycles. The van der Waals surface area contributed by atoms with Crippen LogP contribution >= 0.6 is 0 Å². The van der Waals surface area contributed by atoms with Gasteiger partial charge in [0.2, 0.25) is 0 Å². The summed E-state index contributed by atoms with van der Waals surface area (Å²) in [5.41, 5.74) is 1.22. The van der Waals surface area contributed by atoms with Crippen LogP contribution in [0.5, 0.6) is 0 Å². The number of nitrogens with zero attached hydrogens (tertiary/aromatic N) is 1. The van der Waals surface area contributed by atoms with Crippen LogP contribution in [0.3, 0.4) is 0 Å². The fraction of sp³-hybridized carbons (Fsp3) is 0.571. The van der Waals surface area contributed by atoms with Gasteiger partial charge < -0.3 is 14.7 Å². The third kappa shape index (κ3) is 7.10. The predicted molar refractivity (Wildman–Crippen MR) is 69.9 cm³/mol. The van der Waals surface area contributed by atoms with Gasteiger partial charge in [0.1, 0.15) is 0 Å². The molecule has 0 fully saturated rings. The topological polar surface area (TPSA) is 32.7 Å². The van der Waals surface area contributed by atoms with E-state index in [0.29, 0.717) is 13.2 Å². The minimum atomic E-state index is 0.290. The molecular formula is C14H23NO2. The number of rotatable bonds is 9. The van der Waals surface area contributed by atoms with E-state index in [4.69, 9.17) is 9.84 Å². The Morgan fingerprint density at radius 2 is 1.88 bits per heavy atom. The van der Waals surface area contributed by atoms with Crippen molar-refractivity contribution in [3.8, 4) is 0 Å². The van der Waals surface area contributed by atoms with Crippen molar-refractivity contribution in [3.63, 3.8) is 0 Å². The molecule has 0 aromatic heterocycles. The fourth-order valence-electron chi connectivity index (χ4n) is 1.59. The van der Waals surface area contributed by atoms with Crippen molar-refractivity contribution >= 4 is 0 Å². The first kappa shape index (κ1) is 14.2. The van der Waals surface area contributed by atoms with Gasteiger partial charge in [0.05, 0.1) is 13.2 Å². The van der Waals surface area contributed by atoms with Crippen molar-refractivity contribution in [1.29, 1.82) is 0 Å². The standard InChI is InChI=1S/C14H23NO2/c1-15(9-5-6-11-16)10-12-17-13-14-7-3-2-4-8-14/h2-4,7-8,16H,5-6,9-13H2,1H3. The van der Waals surface area contributed by atoms with Crippen LogP contribution in [0, 0.1) is 0 Å². The van der Waals surface area contributed by atoms with Crippen molar-refractivity contribution in [2.75, 3.05) is 33.4 Å². The first-order valence-electron chi connectivity index (χ1n) is 6.24. The highest BCUT2D eigenvalue weighted by atomic mass is 16.5. The van der Waals surface area contributed by atoms with Crippen molar-refractivity contribution in [2.24, 2.45) is 0 Å². The van der Waals surface area contributed by atoms with E-state index < -0.39 is 0 Å². The average molecular weight is 237 g/mol. The monoisotopic (exact) mass is 237 g/mol. The minimum absolute atomic E-state index is 0.290. The highest BCUT2D eigenvalue weighted by molar-refractivity contribution is 5.13. The number of hydrogen-bond donors (Lipinski definition) is 1. The number of ether oxygens (including phenoxy) is 1. The van der Waals surface area contributed by atoms with Crippen LogP contribution in [0.25, 0.3) is 0 Å². The second-order valence-corrected chi connectivity index (χ2v) is 4.27. The average Bonchev–Trinajstić information content (AvgIpc) is 2.36. The first-order chi connectivity index (χ1) is 8.33. The van der Waals surface area contributed by atoms with Crippen molar-refractivity contribution in [3.05, 3.63) is 35.9 Å². The largest absolute Gasteiger partial charge is 0.396 e. The molecule has 0 atom stereocenters. The molecule has 1 N–H and O–H groups in total. The van der Waals surface area contributed by atoms with Gasteiger partial charge in [-0.1, -0.05) is 30.3 Å². The molecule has 3 heteroatoms. The second-order valence-electron chi connectivity index (χ2n) is 4.27. The zero-order valence-corrected chi connectivity index (χ0v) is 10.6. The van der Waals surface area contributed by atoms with Gasteiger partial charge in [-0.15, -0.1) is 0 Å². The number of aliphatic hydroxyl groups excluding tert-OH is 1. The molecule has 3 nitrogen and oxygen atoms in total. The van der Waals surface area contributed by atoms with Gasteiger partial charge in [-0.3, -0.25) is 0 Å². The van der Waals surface area contributed by atoms with E-state index in [1.54, 1.807) is 0 Å². The Morgan fingerprint density at radius 1 is 1.12 bits per heavy atom. The molecule has 1 rings (SSSR count). The maximum atomic E-state index is 8.68. The van der Waals surface area contributed by atoms with Crippen molar-refractivity contribution in [1.82, 2.24) is 4.90 Å². The van der Waals surface area contributed by atoms with Gasteiger partial charge in [-0.25, -0.2) is 0 Å². The molecule has 0 saturated carbocycles. The van der Waals surface area contributed by atoms with E-state index in [9.17, 15) is 0 Å². The van der Waals surface area contributed by atoms with Crippen LogP contribution in [-0.2, 0) is 11.3 Å². The lowest BCUT2D eigenvalue weighted by Gasteiger charge is -2.16. The summed E-state index contributed by atoms with van der Waals surface area (Å²) in [6.07, 6.45) is 1.93. The van der Waals surface area contributed by atoms with Crippen LogP contribution in [0.4, 0.5) is 0 Å². The van der Waals surface area contributed by atoms with Gasteiger partial charge >= 0.3 is 0 Å². The summed E-state index contributed by atoms with van der Waals surface area (Å²) in [5.74, 6) is 0. The van der Waals surface area contributed by atoms with Crippen LogP contribution in [0.15, 0.2) is 30.3 Å². The number of likely N-dealkylation sites (N-methyl/N-ethyl adjacent to an activating group) is 1. The molecule has 0 spiro atoms. The predicted octanol–water partition coefficient (Wildman–Crippen LogP) is 1.91. The maximum Gasteiger partial charge on any atom is 0.0717 e. The van der Waals surface area contributed by atoms with E-state index in [2.05, 4.69) is 24.1 Å². The summed E-state index contributed by atoms with van der Waals surface area (Å²) in [5, 5.41) is 8.68. The number of benzene rings is 1. The van der Waals surface area contributed by atoms with E-state index in [-0.39, 0.29) is 0 Å². The minimum Gasteiger partial charge on any atom is -0.396 e. The Hall–Kier alpha value is -0.900. The zero-order chi connectivity index (χ0) is 12.3. The van der Waals surface area contributed by atoms with E-state index in [0.717, 1.165) is 32.5 Å². The normalized spacial score (nSPS) is 11.0. The maximum absolute atomic E-state index is 8.68. The van der Waals surface area contributed by atoms with Crippen LogP contribution < -0.4 is 0 Å². The Kier molecular flexibility index (Phi) is 7.63. The second kappa shape index (κ2) is 9.16. The first-order valence-corrected chi connectivity index (χ1v) is 6.24. The highest BCUT2D eigenvalue weighted by Crippen LogP contribution is 2.00.